The summed E-state index contributed by atoms with van der Waals surface area (Å²) in [5.41, 5.74) is 2.41. The SMILES string of the molecule is CCCCCCCCc1ccc(C(C)(C)C)cc1O. The molecule has 0 unspecified atom stereocenters. The molecule has 108 valence electrons. The summed E-state index contributed by atoms with van der Waals surface area (Å²) in [4.78, 5) is 0. The fraction of sp³-hybridized carbons (Fsp3) is 0.667. The Hall–Kier alpha value is -0.980. The Morgan fingerprint density at radius 2 is 1.58 bits per heavy atom. The molecular formula is C18H30O. The average molecular weight is 262 g/mol. The number of unbranched alkanes of at least 4 members (excludes halogenated alkanes) is 5. The van der Waals surface area contributed by atoms with Crippen molar-refractivity contribution >= 4 is 0 Å². The van der Waals surface area contributed by atoms with Gasteiger partial charge in [-0.05, 0) is 35.4 Å². The van der Waals surface area contributed by atoms with E-state index in [1.807, 2.05) is 6.07 Å². The fourth-order valence-corrected chi connectivity index (χ4v) is 2.34. The Morgan fingerprint density at radius 3 is 2.16 bits per heavy atom. The molecule has 0 saturated heterocycles. The lowest BCUT2D eigenvalue weighted by Crippen LogP contribution is -2.10. The van der Waals surface area contributed by atoms with Gasteiger partial charge in [-0.15, -0.1) is 0 Å². The van der Waals surface area contributed by atoms with Crippen molar-refractivity contribution in [2.24, 2.45) is 0 Å². The van der Waals surface area contributed by atoms with E-state index in [0.29, 0.717) is 5.75 Å². The summed E-state index contributed by atoms with van der Waals surface area (Å²) in [6, 6.07) is 6.19. The topological polar surface area (TPSA) is 20.2 Å². The van der Waals surface area contributed by atoms with Gasteiger partial charge in [0.25, 0.3) is 0 Å². The molecule has 0 bridgehead atoms. The minimum Gasteiger partial charge on any atom is -0.508 e. The zero-order valence-electron chi connectivity index (χ0n) is 13.1. The lowest BCUT2D eigenvalue weighted by molar-refractivity contribution is 0.462. The highest BCUT2D eigenvalue weighted by Crippen LogP contribution is 2.28. The van der Waals surface area contributed by atoms with Crippen molar-refractivity contribution in [3.05, 3.63) is 29.3 Å². The molecule has 0 aliphatic carbocycles. The number of phenolic OH excluding ortho intramolecular Hbond substituents is 1. The standard InChI is InChI=1S/C18H30O/c1-5-6-7-8-9-10-11-15-12-13-16(14-17(15)19)18(2,3)4/h12-14,19H,5-11H2,1-4H3. The summed E-state index contributed by atoms with van der Waals surface area (Å²) in [6.07, 6.45) is 8.80. The highest BCUT2D eigenvalue weighted by molar-refractivity contribution is 5.39. The molecule has 1 nitrogen and oxygen atoms in total. The van der Waals surface area contributed by atoms with Gasteiger partial charge in [0.1, 0.15) is 5.75 Å². The van der Waals surface area contributed by atoms with E-state index in [1.54, 1.807) is 0 Å². The Balaban J connectivity index is 2.43. The van der Waals surface area contributed by atoms with E-state index in [9.17, 15) is 5.11 Å². The third-order valence-corrected chi connectivity index (χ3v) is 3.75. The van der Waals surface area contributed by atoms with Gasteiger partial charge in [0.05, 0.1) is 0 Å². The van der Waals surface area contributed by atoms with Crippen LogP contribution < -0.4 is 0 Å². The van der Waals surface area contributed by atoms with Crippen molar-refractivity contribution in [1.29, 1.82) is 0 Å². The van der Waals surface area contributed by atoms with E-state index in [2.05, 4.69) is 39.8 Å². The first-order valence-electron chi connectivity index (χ1n) is 7.77. The van der Waals surface area contributed by atoms with Gasteiger partial charge < -0.3 is 5.11 Å². The fourth-order valence-electron chi connectivity index (χ4n) is 2.34. The molecule has 1 heteroatoms. The molecule has 19 heavy (non-hydrogen) atoms. The quantitative estimate of drug-likeness (QED) is 0.635. The first-order chi connectivity index (χ1) is 8.95. The Morgan fingerprint density at radius 1 is 0.947 bits per heavy atom. The van der Waals surface area contributed by atoms with E-state index in [4.69, 9.17) is 0 Å². The summed E-state index contributed by atoms with van der Waals surface area (Å²) in [5.74, 6) is 0.473. The van der Waals surface area contributed by atoms with Crippen LogP contribution >= 0.6 is 0 Å². The van der Waals surface area contributed by atoms with Crippen LogP contribution in [0.5, 0.6) is 5.75 Å². The second-order valence-electron chi connectivity index (χ2n) is 6.61. The van der Waals surface area contributed by atoms with Crippen LogP contribution in [0.2, 0.25) is 0 Å². The van der Waals surface area contributed by atoms with Crippen LogP contribution in [0.15, 0.2) is 18.2 Å². The highest BCUT2D eigenvalue weighted by Gasteiger charge is 2.15. The van der Waals surface area contributed by atoms with E-state index < -0.39 is 0 Å². The smallest absolute Gasteiger partial charge is 0.119 e. The van der Waals surface area contributed by atoms with Crippen LogP contribution in [0.4, 0.5) is 0 Å². The molecule has 0 heterocycles. The Kier molecular flexibility index (Phi) is 6.41. The van der Waals surface area contributed by atoms with Gasteiger partial charge in [-0.25, -0.2) is 0 Å². The van der Waals surface area contributed by atoms with Crippen molar-refractivity contribution in [2.45, 2.75) is 78.1 Å². The van der Waals surface area contributed by atoms with Crippen molar-refractivity contribution in [3.63, 3.8) is 0 Å². The maximum absolute atomic E-state index is 10.1. The first kappa shape index (κ1) is 16.1. The molecule has 0 fully saturated rings. The largest absolute Gasteiger partial charge is 0.508 e. The van der Waals surface area contributed by atoms with E-state index in [1.165, 1.54) is 44.1 Å². The number of rotatable bonds is 7. The molecule has 0 spiro atoms. The summed E-state index contributed by atoms with van der Waals surface area (Å²) >= 11 is 0. The second-order valence-corrected chi connectivity index (χ2v) is 6.61. The van der Waals surface area contributed by atoms with Crippen LogP contribution in [0, 0.1) is 0 Å². The molecule has 1 aromatic rings. The average Bonchev–Trinajstić information content (AvgIpc) is 2.34. The number of hydrogen-bond acceptors (Lipinski definition) is 1. The summed E-state index contributed by atoms with van der Waals surface area (Å²) < 4.78 is 0. The van der Waals surface area contributed by atoms with Crippen molar-refractivity contribution in [3.8, 4) is 5.75 Å². The van der Waals surface area contributed by atoms with Gasteiger partial charge in [-0.3, -0.25) is 0 Å². The Bertz CT molecular complexity index is 374. The van der Waals surface area contributed by atoms with Crippen LogP contribution in [-0.2, 0) is 11.8 Å². The summed E-state index contributed by atoms with van der Waals surface area (Å²) in [6.45, 7) is 8.77. The molecule has 0 saturated carbocycles. The van der Waals surface area contributed by atoms with Gasteiger partial charge >= 0.3 is 0 Å². The number of phenols is 1. The highest BCUT2D eigenvalue weighted by atomic mass is 16.3. The second kappa shape index (κ2) is 7.57. The molecule has 1 rings (SSSR count). The maximum atomic E-state index is 10.1. The number of benzene rings is 1. The number of aromatic hydroxyl groups is 1. The molecule has 0 amide bonds. The minimum absolute atomic E-state index is 0.107. The molecule has 0 aliphatic rings. The normalized spacial score (nSPS) is 11.8. The monoisotopic (exact) mass is 262 g/mol. The molecular weight excluding hydrogens is 232 g/mol. The van der Waals surface area contributed by atoms with Crippen LogP contribution in [0.1, 0.15) is 77.3 Å². The zero-order valence-corrected chi connectivity index (χ0v) is 13.1. The van der Waals surface area contributed by atoms with Gasteiger partial charge in [0.2, 0.25) is 0 Å². The van der Waals surface area contributed by atoms with E-state index in [0.717, 1.165) is 12.0 Å². The molecule has 0 atom stereocenters. The lowest BCUT2D eigenvalue weighted by atomic mass is 9.86. The van der Waals surface area contributed by atoms with E-state index >= 15 is 0 Å². The van der Waals surface area contributed by atoms with Gasteiger partial charge in [0, 0.05) is 0 Å². The third kappa shape index (κ3) is 5.67. The summed E-state index contributed by atoms with van der Waals surface area (Å²) in [5, 5.41) is 10.1. The number of hydrogen-bond donors (Lipinski definition) is 1. The zero-order chi connectivity index (χ0) is 14.3. The van der Waals surface area contributed by atoms with Crippen LogP contribution in [0.25, 0.3) is 0 Å². The Labute approximate surface area is 119 Å². The van der Waals surface area contributed by atoms with E-state index in [-0.39, 0.29) is 5.41 Å². The molecule has 1 N–H and O–H groups in total. The predicted octanol–water partition coefficient (Wildman–Crippen LogP) is 5.59. The molecule has 0 radical (unpaired) electrons. The maximum Gasteiger partial charge on any atom is 0.119 e. The predicted molar refractivity (Wildman–Crippen MR) is 83.9 cm³/mol. The van der Waals surface area contributed by atoms with Gasteiger partial charge in [-0.1, -0.05) is 71.9 Å². The minimum atomic E-state index is 0.107. The number of aryl methyl sites for hydroxylation is 1. The van der Waals surface area contributed by atoms with Crippen molar-refractivity contribution in [2.75, 3.05) is 0 Å². The van der Waals surface area contributed by atoms with Crippen LogP contribution in [0.3, 0.4) is 0 Å². The van der Waals surface area contributed by atoms with Crippen molar-refractivity contribution in [1.82, 2.24) is 0 Å². The first-order valence-corrected chi connectivity index (χ1v) is 7.77. The van der Waals surface area contributed by atoms with Crippen molar-refractivity contribution < 1.29 is 5.11 Å². The van der Waals surface area contributed by atoms with Gasteiger partial charge in [0.15, 0.2) is 0 Å². The summed E-state index contributed by atoms with van der Waals surface area (Å²) in [7, 11) is 0. The lowest BCUT2D eigenvalue weighted by Gasteiger charge is -2.20. The van der Waals surface area contributed by atoms with Gasteiger partial charge in [-0.2, -0.15) is 0 Å². The molecule has 0 aromatic heterocycles. The van der Waals surface area contributed by atoms with Crippen LogP contribution in [-0.4, -0.2) is 5.11 Å². The molecule has 0 aliphatic heterocycles. The molecule has 1 aromatic carbocycles. The third-order valence-electron chi connectivity index (χ3n) is 3.75.